The van der Waals surface area contributed by atoms with Crippen molar-refractivity contribution >= 4 is 0 Å². The van der Waals surface area contributed by atoms with Gasteiger partial charge in [-0.05, 0) is 38.6 Å². The van der Waals surface area contributed by atoms with Crippen LogP contribution in [0.25, 0.3) is 0 Å². The van der Waals surface area contributed by atoms with E-state index < -0.39 is 18.3 Å². The SMILES string of the molecule is NCCN(CCCCC(O)CO)C[C@H](O)CCC(O)CO. The molecule has 0 aromatic carbocycles. The molecule has 128 valence electrons. The first kappa shape index (κ1) is 20.7. The summed E-state index contributed by atoms with van der Waals surface area (Å²) in [5, 5.41) is 45.9. The zero-order chi connectivity index (χ0) is 16.1. The molecule has 0 aliphatic carbocycles. The Morgan fingerprint density at radius 3 is 1.90 bits per heavy atom. The molecule has 0 aliphatic heterocycles. The Kier molecular flexibility index (Phi) is 13.2. The monoisotopic (exact) mass is 308 g/mol. The quantitative estimate of drug-likeness (QED) is 0.210. The van der Waals surface area contributed by atoms with Gasteiger partial charge in [0.05, 0.1) is 31.5 Å². The number of aliphatic hydroxyl groups is 5. The second-order valence-electron chi connectivity index (χ2n) is 5.49. The van der Waals surface area contributed by atoms with Gasteiger partial charge in [0.1, 0.15) is 0 Å². The van der Waals surface area contributed by atoms with Crippen molar-refractivity contribution in [3.63, 3.8) is 0 Å². The second kappa shape index (κ2) is 13.4. The fraction of sp³-hybridized carbons (Fsp3) is 1.00. The molecule has 3 atom stereocenters. The highest BCUT2D eigenvalue weighted by Gasteiger charge is 2.13. The van der Waals surface area contributed by atoms with Gasteiger partial charge in [0.2, 0.25) is 0 Å². The highest BCUT2D eigenvalue weighted by molar-refractivity contribution is 4.68. The Hall–Kier alpha value is -0.280. The van der Waals surface area contributed by atoms with Gasteiger partial charge in [0, 0.05) is 19.6 Å². The zero-order valence-corrected chi connectivity index (χ0v) is 12.8. The number of nitrogens with two attached hydrogens (primary N) is 1. The van der Waals surface area contributed by atoms with Crippen LogP contribution in [0, 0.1) is 0 Å². The maximum Gasteiger partial charge on any atom is 0.0771 e. The Bertz CT molecular complexity index is 233. The first-order chi connectivity index (χ1) is 10.0. The van der Waals surface area contributed by atoms with Crippen molar-refractivity contribution in [1.82, 2.24) is 4.90 Å². The van der Waals surface area contributed by atoms with Gasteiger partial charge >= 0.3 is 0 Å². The topological polar surface area (TPSA) is 130 Å². The van der Waals surface area contributed by atoms with E-state index in [1.165, 1.54) is 0 Å². The van der Waals surface area contributed by atoms with E-state index in [0.29, 0.717) is 38.9 Å². The summed E-state index contributed by atoms with van der Waals surface area (Å²) in [5.41, 5.74) is 5.55. The number of hydrogen-bond acceptors (Lipinski definition) is 7. The average molecular weight is 308 g/mol. The highest BCUT2D eigenvalue weighted by Crippen LogP contribution is 2.06. The molecule has 0 bridgehead atoms. The van der Waals surface area contributed by atoms with Crippen molar-refractivity contribution in [3.05, 3.63) is 0 Å². The summed E-state index contributed by atoms with van der Waals surface area (Å²) < 4.78 is 0. The van der Waals surface area contributed by atoms with Crippen LogP contribution in [0.5, 0.6) is 0 Å². The standard InChI is InChI=1S/C14H32N2O5/c15-6-8-16(7-2-1-3-13(20)10-17)9-12(19)4-5-14(21)11-18/h12-14,17-21H,1-11,15H2/t12-,13?,14?/m1/s1. The molecule has 7 nitrogen and oxygen atoms in total. The fourth-order valence-corrected chi connectivity index (χ4v) is 2.15. The minimum Gasteiger partial charge on any atom is -0.394 e. The summed E-state index contributed by atoms with van der Waals surface area (Å²) in [6, 6.07) is 0. The maximum absolute atomic E-state index is 9.93. The van der Waals surface area contributed by atoms with Crippen LogP contribution >= 0.6 is 0 Å². The third-order valence-corrected chi connectivity index (χ3v) is 3.43. The van der Waals surface area contributed by atoms with Crippen LogP contribution in [0.2, 0.25) is 0 Å². The molecule has 0 spiro atoms. The molecule has 7 N–H and O–H groups in total. The van der Waals surface area contributed by atoms with Gasteiger partial charge < -0.3 is 31.3 Å². The number of rotatable bonds is 14. The molecule has 0 fully saturated rings. The molecule has 21 heavy (non-hydrogen) atoms. The van der Waals surface area contributed by atoms with E-state index in [-0.39, 0.29) is 13.2 Å². The van der Waals surface area contributed by atoms with Crippen molar-refractivity contribution < 1.29 is 25.5 Å². The summed E-state index contributed by atoms with van der Waals surface area (Å²) >= 11 is 0. The Morgan fingerprint density at radius 1 is 0.762 bits per heavy atom. The van der Waals surface area contributed by atoms with Crippen molar-refractivity contribution in [2.75, 3.05) is 39.4 Å². The van der Waals surface area contributed by atoms with Crippen LogP contribution in [0.4, 0.5) is 0 Å². The molecule has 0 rings (SSSR count). The van der Waals surface area contributed by atoms with E-state index in [1.807, 2.05) is 0 Å². The summed E-state index contributed by atoms with van der Waals surface area (Å²) in [4.78, 5) is 2.06. The maximum atomic E-state index is 9.93. The molecule has 0 aromatic heterocycles. The molecular weight excluding hydrogens is 276 g/mol. The van der Waals surface area contributed by atoms with E-state index in [4.69, 9.17) is 15.9 Å². The molecule has 0 heterocycles. The Morgan fingerprint density at radius 2 is 1.33 bits per heavy atom. The van der Waals surface area contributed by atoms with E-state index in [9.17, 15) is 15.3 Å². The van der Waals surface area contributed by atoms with E-state index in [2.05, 4.69) is 4.90 Å². The smallest absolute Gasteiger partial charge is 0.0771 e. The third kappa shape index (κ3) is 12.0. The lowest BCUT2D eigenvalue weighted by molar-refractivity contribution is 0.0558. The third-order valence-electron chi connectivity index (χ3n) is 3.43. The van der Waals surface area contributed by atoms with Crippen LogP contribution < -0.4 is 5.73 Å². The second-order valence-corrected chi connectivity index (χ2v) is 5.49. The molecule has 7 heteroatoms. The van der Waals surface area contributed by atoms with Crippen LogP contribution in [-0.2, 0) is 0 Å². The van der Waals surface area contributed by atoms with E-state index in [1.54, 1.807) is 0 Å². The number of nitrogens with zero attached hydrogens (tertiary/aromatic N) is 1. The molecule has 0 saturated carbocycles. The van der Waals surface area contributed by atoms with Crippen LogP contribution in [0.3, 0.4) is 0 Å². The summed E-state index contributed by atoms with van der Waals surface area (Å²) in [5.74, 6) is 0. The lowest BCUT2D eigenvalue weighted by Crippen LogP contribution is -2.37. The zero-order valence-electron chi connectivity index (χ0n) is 12.8. The first-order valence-corrected chi connectivity index (χ1v) is 7.71. The van der Waals surface area contributed by atoms with Gasteiger partial charge in [-0.2, -0.15) is 0 Å². The molecule has 0 aromatic rings. The van der Waals surface area contributed by atoms with E-state index in [0.717, 1.165) is 19.4 Å². The van der Waals surface area contributed by atoms with Gasteiger partial charge in [-0.25, -0.2) is 0 Å². The van der Waals surface area contributed by atoms with Gasteiger partial charge in [-0.15, -0.1) is 0 Å². The number of unbranched alkanes of at least 4 members (excludes halogenated alkanes) is 1. The Labute approximate surface area is 127 Å². The first-order valence-electron chi connectivity index (χ1n) is 7.71. The van der Waals surface area contributed by atoms with Gasteiger partial charge in [-0.3, -0.25) is 4.90 Å². The summed E-state index contributed by atoms with van der Waals surface area (Å²) in [6.07, 6.45) is 1.06. The number of hydrogen-bond donors (Lipinski definition) is 6. The highest BCUT2D eigenvalue weighted by atomic mass is 16.3. The normalized spacial score (nSPS) is 16.1. The molecule has 0 saturated heterocycles. The van der Waals surface area contributed by atoms with Gasteiger partial charge in [-0.1, -0.05) is 0 Å². The predicted octanol–water partition coefficient (Wildman–Crippen LogP) is -1.74. The van der Waals surface area contributed by atoms with Crippen LogP contribution in [0.15, 0.2) is 0 Å². The van der Waals surface area contributed by atoms with Gasteiger partial charge in [0.25, 0.3) is 0 Å². The molecule has 2 unspecified atom stereocenters. The lowest BCUT2D eigenvalue weighted by atomic mass is 10.1. The van der Waals surface area contributed by atoms with Crippen LogP contribution in [0.1, 0.15) is 32.1 Å². The van der Waals surface area contributed by atoms with Crippen molar-refractivity contribution in [1.29, 1.82) is 0 Å². The summed E-state index contributed by atoms with van der Waals surface area (Å²) in [6.45, 7) is 1.95. The molecule has 0 amide bonds. The predicted molar refractivity (Wildman–Crippen MR) is 80.8 cm³/mol. The van der Waals surface area contributed by atoms with Crippen molar-refractivity contribution in [2.45, 2.75) is 50.4 Å². The average Bonchev–Trinajstić information content (AvgIpc) is 2.48. The van der Waals surface area contributed by atoms with Crippen molar-refractivity contribution in [3.8, 4) is 0 Å². The van der Waals surface area contributed by atoms with Gasteiger partial charge in [0.15, 0.2) is 0 Å². The van der Waals surface area contributed by atoms with Crippen LogP contribution in [-0.4, -0.2) is 88.1 Å². The largest absolute Gasteiger partial charge is 0.394 e. The molecule has 0 radical (unpaired) electrons. The molecule has 0 aliphatic rings. The molecular formula is C14H32N2O5. The fourth-order valence-electron chi connectivity index (χ4n) is 2.15. The minimum atomic E-state index is -0.775. The van der Waals surface area contributed by atoms with Crippen molar-refractivity contribution in [2.24, 2.45) is 5.73 Å². The minimum absolute atomic E-state index is 0.210. The summed E-state index contributed by atoms with van der Waals surface area (Å²) in [7, 11) is 0. The number of aliphatic hydroxyl groups excluding tert-OH is 5. The Balaban J connectivity index is 3.88. The van der Waals surface area contributed by atoms with E-state index >= 15 is 0 Å². The lowest BCUT2D eigenvalue weighted by Gasteiger charge is -2.25.